The van der Waals surface area contributed by atoms with E-state index in [0.717, 1.165) is 55.9 Å². The van der Waals surface area contributed by atoms with Crippen LogP contribution in [0.15, 0.2) is 18.2 Å². The van der Waals surface area contributed by atoms with Crippen molar-refractivity contribution in [3.63, 3.8) is 0 Å². The lowest BCUT2D eigenvalue weighted by atomic mass is 9.92. The highest BCUT2D eigenvalue weighted by atomic mass is 16.5. The van der Waals surface area contributed by atoms with Crippen LogP contribution >= 0.6 is 0 Å². The molecule has 1 aromatic rings. The molecule has 0 aliphatic carbocycles. The average molecular weight is 333 g/mol. The van der Waals surface area contributed by atoms with Crippen LogP contribution in [0.5, 0.6) is 11.5 Å². The maximum atomic E-state index is 12.4. The van der Waals surface area contributed by atoms with Crippen molar-refractivity contribution >= 4 is 5.91 Å². The summed E-state index contributed by atoms with van der Waals surface area (Å²) in [5.41, 5.74) is 1.08. The summed E-state index contributed by atoms with van der Waals surface area (Å²) >= 11 is 0. The Balaban J connectivity index is 1.53. The van der Waals surface area contributed by atoms with Gasteiger partial charge in [0.2, 0.25) is 5.91 Å². The highest BCUT2D eigenvalue weighted by Crippen LogP contribution is 2.36. The SMILES string of the molecule is COc1cc(C)ccc1OCCN1CC[C@]2(CCCO2)CCC1=O. The molecule has 3 rings (SSSR count). The fourth-order valence-electron chi connectivity index (χ4n) is 3.63. The summed E-state index contributed by atoms with van der Waals surface area (Å²) in [4.78, 5) is 14.3. The van der Waals surface area contributed by atoms with E-state index in [4.69, 9.17) is 14.2 Å². The molecule has 2 fully saturated rings. The number of benzene rings is 1. The highest BCUT2D eigenvalue weighted by molar-refractivity contribution is 5.76. The van der Waals surface area contributed by atoms with Gasteiger partial charge in [-0.1, -0.05) is 6.07 Å². The quantitative estimate of drug-likeness (QED) is 0.831. The van der Waals surface area contributed by atoms with Crippen molar-refractivity contribution in [2.75, 3.05) is 33.4 Å². The number of carbonyl (C=O) groups is 1. The number of hydrogen-bond donors (Lipinski definition) is 0. The summed E-state index contributed by atoms with van der Waals surface area (Å²) in [6, 6.07) is 5.86. The van der Waals surface area contributed by atoms with Gasteiger partial charge in [0.25, 0.3) is 0 Å². The Morgan fingerprint density at radius 2 is 2.12 bits per heavy atom. The zero-order valence-electron chi connectivity index (χ0n) is 14.7. The second-order valence-corrected chi connectivity index (χ2v) is 6.77. The Bertz CT molecular complexity index is 581. The first kappa shape index (κ1) is 17.1. The molecule has 0 saturated carbocycles. The van der Waals surface area contributed by atoms with Gasteiger partial charge in [0.05, 0.1) is 19.3 Å². The number of methoxy groups -OCH3 is 1. The molecule has 24 heavy (non-hydrogen) atoms. The second-order valence-electron chi connectivity index (χ2n) is 6.77. The molecule has 132 valence electrons. The number of aryl methyl sites for hydroxylation is 1. The molecule has 0 N–H and O–H groups in total. The smallest absolute Gasteiger partial charge is 0.222 e. The zero-order valence-corrected chi connectivity index (χ0v) is 14.7. The molecule has 2 heterocycles. The summed E-state index contributed by atoms with van der Waals surface area (Å²) in [6.07, 6.45) is 4.57. The molecule has 1 spiro atoms. The third-order valence-electron chi connectivity index (χ3n) is 5.11. The van der Waals surface area contributed by atoms with Gasteiger partial charge in [-0.15, -0.1) is 0 Å². The first-order valence-electron chi connectivity index (χ1n) is 8.81. The second kappa shape index (κ2) is 7.43. The maximum Gasteiger partial charge on any atom is 0.222 e. The van der Waals surface area contributed by atoms with Crippen LogP contribution in [0.1, 0.15) is 37.7 Å². The first-order chi connectivity index (χ1) is 11.6. The predicted molar refractivity (Wildman–Crippen MR) is 91.6 cm³/mol. The average Bonchev–Trinajstić information content (AvgIpc) is 2.99. The molecule has 0 radical (unpaired) electrons. The van der Waals surface area contributed by atoms with Crippen molar-refractivity contribution in [2.45, 2.75) is 44.6 Å². The largest absolute Gasteiger partial charge is 0.493 e. The minimum atomic E-state index is -0.0502. The first-order valence-corrected chi connectivity index (χ1v) is 8.81. The number of carbonyl (C=O) groups excluding carboxylic acids is 1. The molecular weight excluding hydrogens is 306 g/mol. The molecule has 1 atom stereocenters. The van der Waals surface area contributed by atoms with E-state index >= 15 is 0 Å². The number of amides is 1. The monoisotopic (exact) mass is 333 g/mol. The van der Waals surface area contributed by atoms with Crippen LogP contribution in [0.4, 0.5) is 0 Å². The van der Waals surface area contributed by atoms with E-state index in [-0.39, 0.29) is 11.5 Å². The highest BCUT2D eigenvalue weighted by Gasteiger charge is 2.38. The van der Waals surface area contributed by atoms with Gasteiger partial charge in [0, 0.05) is 19.6 Å². The fourth-order valence-corrected chi connectivity index (χ4v) is 3.63. The van der Waals surface area contributed by atoms with Gasteiger partial charge in [-0.05, 0) is 50.3 Å². The van der Waals surface area contributed by atoms with Gasteiger partial charge < -0.3 is 19.1 Å². The van der Waals surface area contributed by atoms with Crippen LogP contribution < -0.4 is 9.47 Å². The van der Waals surface area contributed by atoms with Gasteiger partial charge in [0.1, 0.15) is 6.61 Å². The minimum Gasteiger partial charge on any atom is -0.493 e. The van der Waals surface area contributed by atoms with E-state index < -0.39 is 0 Å². The molecule has 2 aliphatic rings. The Hall–Kier alpha value is -1.75. The lowest BCUT2D eigenvalue weighted by Crippen LogP contribution is -2.35. The van der Waals surface area contributed by atoms with Crippen LogP contribution in [-0.2, 0) is 9.53 Å². The normalized spacial score (nSPS) is 24.2. The van der Waals surface area contributed by atoms with E-state index in [0.29, 0.717) is 19.6 Å². The number of nitrogens with zero attached hydrogens (tertiary/aromatic N) is 1. The van der Waals surface area contributed by atoms with Gasteiger partial charge in [0.15, 0.2) is 11.5 Å². The van der Waals surface area contributed by atoms with Crippen LogP contribution in [0.3, 0.4) is 0 Å². The lowest BCUT2D eigenvalue weighted by Gasteiger charge is -2.26. The van der Waals surface area contributed by atoms with Crippen LogP contribution in [0.2, 0.25) is 0 Å². The number of hydrogen-bond acceptors (Lipinski definition) is 4. The lowest BCUT2D eigenvalue weighted by molar-refractivity contribution is -0.131. The van der Waals surface area contributed by atoms with Crippen molar-refractivity contribution in [3.8, 4) is 11.5 Å². The molecule has 2 aliphatic heterocycles. The molecule has 1 amide bonds. The molecule has 2 saturated heterocycles. The third kappa shape index (κ3) is 3.83. The molecule has 0 aromatic heterocycles. The summed E-state index contributed by atoms with van der Waals surface area (Å²) in [7, 11) is 1.64. The van der Waals surface area contributed by atoms with Crippen molar-refractivity contribution in [1.29, 1.82) is 0 Å². The van der Waals surface area contributed by atoms with Crippen LogP contribution in [-0.4, -0.2) is 49.8 Å². The van der Waals surface area contributed by atoms with E-state index in [9.17, 15) is 4.79 Å². The van der Waals surface area contributed by atoms with Crippen molar-refractivity contribution in [3.05, 3.63) is 23.8 Å². The van der Waals surface area contributed by atoms with Gasteiger partial charge in [-0.25, -0.2) is 0 Å². The van der Waals surface area contributed by atoms with E-state index in [1.54, 1.807) is 7.11 Å². The Labute approximate surface area is 143 Å². The Morgan fingerprint density at radius 3 is 2.88 bits per heavy atom. The van der Waals surface area contributed by atoms with Crippen molar-refractivity contribution in [2.24, 2.45) is 0 Å². The van der Waals surface area contributed by atoms with Gasteiger partial charge in [-0.3, -0.25) is 4.79 Å². The van der Waals surface area contributed by atoms with Crippen LogP contribution in [0, 0.1) is 6.92 Å². The molecular formula is C19H27NO4. The maximum absolute atomic E-state index is 12.4. The minimum absolute atomic E-state index is 0.0502. The molecule has 0 bridgehead atoms. The number of rotatable bonds is 5. The van der Waals surface area contributed by atoms with E-state index in [1.165, 1.54) is 0 Å². The van der Waals surface area contributed by atoms with E-state index in [1.807, 2.05) is 30.0 Å². The molecule has 0 unspecified atom stereocenters. The third-order valence-corrected chi connectivity index (χ3v) is 5.11. The summed E-state index contributed by atoms with van der Waals surface area (Å²) in [5, 5.41) is 0. The van der Waals surface area contributed by atoms with E-state index in [2.05, 4.69) is 0 Å². The van der Waals surface area contributed by atoms with Crippen LogP contribution in [0.25, 0.3) is 0 Å². The summed E-state index contributed by atoms with van der Waals surface area (Å²) < 4.78 is 17.1. The topological polar surface area (TPSA) is 48.0 Å². The zero-order chi connectivity index (χ0) is 17.0. The van der Waals surface area contributed by atoms with Crippen molar-refractivity contribution in [1.82, 2.24) is 4.90 Å². The summed E-state index contributed by atoms with van der Waals surface area (Å²) in [6.45, 7) is 4.69. The standard InChI is InChI=1S/C19H27NO4/c1-15-4-5-16(17(14-15)22-2)23-13-11-20-10-9-19(7-3-12-24-19)8-6-18(20)21/h4-5,14H,3,6-13H2,1-2H3/t19-/m0/s1. The van der Waals surface area contributed by atoms with Gasteiger partial charge in [-0.2, -0.15) is 0 Å². The Kier molecular flexibility index (Phi) is 5.29. The van der Waals surface area contributed by atoms with Gasteiger partial charge >= 0.3 is 0 Å². The molecule has 5 heteroatoms. The predicted octanol–water partition coefficient (Wildman–Crippen LogP) is 2.94. The fraction of sp³-hybridized carbons (Fsp3) is 0.632. The number of ether oxygens (including phenoxy) is 3. The Morgan fingerprint density at radius 1 is 1.25 bits per heavy atom. The summed E-state index contributed by atoms with van der Waals surface area (Å²) in [5.74, 6) is 1.67. The molecule has 5 nitrogen and oxygen atoms in total. The number of likely N-dealkylation sites (tertiary alicyclic amines) is 1. The van der Waals surface area contributed by atoms with Crippen molar-refractivity contribution < 1.29 is 19.0 Å². The molecule has 1 aromatic carbocycles.